The van der Waals surface area contributed by atoms with Gasteiger partial charge in [0.25, 0.3) is 0 Å². The van der Waals surface area contributed by atoms with Crippen molar-refractivity contribution in [2.24, 2.45) is 0 Å². The third kappa shape index (κ3) is 4.14. The van der Waals surface area contributed by atoms with Crippen LogP contribution in [0.3, 0.4) is 0 Å². The molecule has 0 N–H and O–H groups in total. The van der Waals surface area contributed by atoms with E-state index in [4.69, 9.17) is 0 Å². The van der Waals surface area contributed by atoms with E-state index in [1.54, 1.807) is 6.92 Å². The summed E-state index contributed by atoms with van der Waals surface area (Å²) < 4.78 is 0. The van der Waals surface area contributed by atoms with Crippen LogP contribution in [0.25, 0.3) is 0 Å². The minimum Gasteiger partial charge on any atom is -0.298 e. The van der Waals surface area contributed by atoms with Gasteiger partial charge in [-0.15, -0.1) is 0 Å². The van der Waals surface area contributed by atoms with Crippen molar-refractivity contribution in [2.75, 3.05) is 0 Å². The lowest BCUT2D eigenvalue weighted by atomic mass is 9.94. The Morgan fingerprint density at radius 3 is 2.59 bits per heavy atom. The number of hydrogen-bond donors (Lipinski definition) is 0. The molecule has 0 atom stereocenters. The Kier molecular flexibility index (Phi) is 5.08. The lowest BCUT2D eigenvalue weighted by Crippen LogP contribution is -2.07. The summed E-state index contributed by atoms with van der Waals surface area (Å²) in [7, 11) is 0. The van der Waals surface area contributed by atoms with Crippen LogP contribution in [0.1, 0.15) is 46.5 Å². The van der Waals surface area contributed by atoms with Gasteiger partial charge in [-0.2, -0.15) is 0 Å². The Labute approximate surface area is 103 Å². The van der Waals surface area contributed by atoms with E-state index < -0.39 is 0 Å². The lowest BCUT2D eigenvalue weighted by Gasteiger charge is -2.10. The summed E-state index contributed by atoms with van der Waals surface area (Å²) in [5.41, 5.74) is 3.60. The van der Waals surface area contributed by atoms with Crippen molar-refractivity contribution < 1.29 is 9.59 Å². The van der Waals surface area contributed by atoms with Crippen LogP contribution in [0.2, 0.25) is 0 Å². The number of carbonyl (C=O) groups is 2. The third-order valence-electron chi connectivity index (χ3n) is 3.11. The summed E-state index contributed by atoms with van der Waals surface area (Å²) in [5, 5.41) is 0. The van der Waals surface area contributed by atoms with Crippen LogP contribution in [0.15, 0.2) is 34.4 Å². The summed E-state index contributed by atoms with van der Waals surface area (Å²) in [6, 6.07) is 0. The van der Waals surface area contributed by atoms with Crippen LogP contribution in [0, 0.1) is 0 Å². The van der Waals surface area contributed by atoms with E-state index in [0.29, 0.717) is 24.0 Å². The van der Waals surface area contributed by atoms with Gasteiger partial charge in [0.2, 0.25) is 0 Å². The standard InChI is InChI=1S/C15H20O2/c1-11-5-4-6-12(2)9-15(17)14(8-7-11)13(3)10-16/h6-7,10H,4-5,8-9H2,1-3H3/b11-7+,12-6+,14-13+. The zero-order valence-corrected chi connectivity index (χ0v) is 10.9. The molecule has 0 aromatic rings. The Balaban J connectivity index is 3.07. The molecule has 17 heavy (non-hydrogen) atoms. The van der Waals surface area contributed by atoms with Crippen molar-refractivity contribution in [3.8, 4) is 0 Å². The first kappa shape index (κ1) is 13.6. The maximum absolute atomic E-state index is 12.1. The molecule has 0 saturated carbocycles. The minimum atomic E-state index is 0.0781. The number of allylic oxidation sites excluding steroid dienone is 6. The molecule has 0 fully saturated rings. The van der Waals surface area contributed by atoms with Crippen molar-refractivity contribution in [1.82, 2.24) is 0 Å². The molecule has 0 unspecified atom stereocenters. The molecule has 1 rings (SSSR count). The zero-order chi connectivity index (χ0) is 12.8. The second-order valence-corrected chi connectivity index (χ2v) is 4.72. The van der Waals surface area contributed by atoms with E-state index in [1.807, 2.05) is 6.92 Å². The van der Waals surface area contributed by atoms with Crippen LogP contribution >= 0.6 is 0 Å². The van der Waals surface area contributed by atoms with E-state index in [9.17, 15) is 9.59 Å². The van der Waals surface area contributed by atoms with E-state index in [1.165, 1.54) is 5.57 Å². The van der Waals surface area contributed by atoms with Gasteiger partial charge in [0.05, 0.1) is 0 Å². The van der Waals surface area contributed by atoms with Gasteiger partial charge in [-0.05, 0) is 45.6 Å². The highest BCUT2D eigenvalue weighted by Crippen LogP contribution is 2.19. The molecule has 2 nitrogen and oxygen atoms in total. The summed E-state index contributed by atoms with van der Waals surface area (Å²) in [6.07, 6.45) is 8.01. The van der Waals surface area contributed by atoms with Gasteiger partial charge in [0.15, 0.2) is 5.78 Å². The molecular weight excluding hydrogens is 212 g/mol. The van der Waals surface area contributed by atoms with Gasteiger partial charge < -0.3 is 0 Å². The highest BCUT2D eigenvalue weighted by atomic mass is 16.1. The van der Waals surface area contributed by atoms with Gasteiger partial charge in [0.1, 0.15) is 6.29 Å². The lowest BCUT2D eigenvalue weighted by molar-refractivity contribution is -0.115. The van der Waals surface area contributed by atoms with Gasteiger partial charge in [-0.3, -0.25) is 9.59 Å². The van der Waals surface area contributed by atoms with E-state index in [0.717, 1.165) is 24.7 Å². The second-order valence-electron chi connectivity index (χ2n) is 4.72. The van der Waals surface area contributed by atoms with Crippen LogP contribution in [0.5, 0.6) is 0 Å². The number of Topliss-reactive ketones (excluding diaryl/α,β-unsaturated/α-hetero) is 1. The zero-order valence-electron chi connectivity index (χ0n) is 10.9. The third-order valence-corrected chi connectivity index (χ3v) is 3.11. The van der Waals surface area contributed by atoms with Crippen molar-refractivity contribution >= 4 is 12.1 Å². The van der Waals surface area contributed by atoms with Crippen LogP contribution in [-0.4, -0.2) is 12.1 Å². The molecule has 0 aromatic heterocycles. The largest absolute Gasteiger partial charge is 0.298 e. The van der Waals surface area contributed by atoms with Gasteiger partial charge in [-0.25, -0.2) is 0 Å². The highest BCUT2D eigenvalue weighted by Gasteiger charge is 2.13. The van der Waals surface area contributed by atoms with Crippen LogP contribution in [0.4, 0.5) is 0 Å². The average molecular weight is 232 g/mol. The number of carbonyl (C=O) groups excluding carboxylic acids is 2. The molecule has 0 amide bonds. The van der Waals surface area contributed by atoms with Crippen LogP contribution in [-0.2, 0) is 9.59 Å². The van der Waals surface area contributed by atoms with Crippen LogP contribution < -0.4 is 0 Å². The molecular formula is C15H20O2. The maximum atomic E-state index is 12.1. The fourth-order valence-corrected chi connectivity index (χ4v) is 1.92. The van der Waals surface area contributed by atoms with Crippen molar-refractivity contribution in [1.29, 1.82) is 0 Å². The Bertz CT molecular complexity index is 409. The first-order chi connectivity index (χ1) is 8.04. The fourth-order valence-electron chi connectivity index (χ4n) is 1.92. The minimum absolute atomic E-state index is 0.0781. The quantitative estimate of drug-likeness (QED) is 0.393. The molecule has 0 bridgehead atoms. The van der Waals surface area contributed by atoms with Crippen molar-refractivity contribution in [2.45, 2.75) is 46.5 Å². The molecule has 0 aliphatic heterocycles. The molecule has 1 aliphatic carbocycles. The van der Waals surface area contributed by atoms with E-state index in [-0.39, 0.29) is 5.78 Å². The Morgan fingerprint density at radius 1 is 1.24 bits per heavy atom. The number of rotatable bonds is 1. The van der Waals surface area contributed by atoms with E-state index in [2.05, 4.69) is 19.1 Å². The number of hydrogen-bond acceptors (Lipinski definition) is 2. The smallest absolute Gasteiger partial charge is 0.163 e. The normalized spacial score (nSPS) is 27.6. The molecule has 0 aromatic carbocycles. The number of ketones is 1. The topological polar surface area (TPSA) is 34.1 Å². The summed E-state index contributed by atoms with van der Waals surface area (Å²) in [5.74, 6) is 0.0781. The van der Waals surface area contributed by atoms with Gasteiger partial charge in [-0.1, -0.05) is 23.3 Å². The molecule has 0 radical (unpaired) electrons. The average Bonchev–Trinajstić information content (AvgIpc) is 2.28. The maximum Gasteiger partial charge on any atom is 0.163 e. The SMILES string of the molecule is C/C1=C\C/C(=C(/C)C=O)C(=O)C/C(C)=C/CC1. The fraction of sp³-hybridized carbons (Fsp3) is 0.467. The highest BCUT2D eigenvalue weighted by molar-refractivity contribution is 6.01. The molecule has 0 spiro atoms. The van der Waals surface area contributed by atoms with Gasteiger partial charge in [0, 0.05) is 12.0 Å². The summed E-state index contributed by atoms with van der Waals surface area (Å²) in [4.78, 5) is 22.9. The molecule has 0 heterocycles. The van der Waals surface area contributed by atoms with Crippen molar-refractivity contribution in [3.63, 3.8) is 0 Å². The molecule has 0 saturated heterocycles. The Hall–Kier alpha value is -1.44. The summed E-state index contributed by atoms with van der Waals surface area (Å²) in [6.45, 7) is 5.77. The molecule has 2 heteroatoms. The monoisotopic (exact) mass is 232 g/mol. The van der Waals surface area contributed by atoms with E-state index >= 15 is 0 Å². The predicted molar refractivity (Wildman–Crippen MR) is 69.8 cm³/mol. The van der Waals surface area contributed by atoms with Crippen molar-refractivity contribution in [3.05, 3.63) is 34.4 Å². The van der Waals surface area contributed by atoms with Gasteiger partial charge >= 0.3 is 0 Å². The predicted octanol–water partition coefficient (Wildman–Crippen LogP) is 3.54. The first-order valence-electron chi connectivity index (χ1n) is 6.04. The second kappa shape index (κ2) is 6.33. The Morgan fingerprint density at radius 2 is 1.94 bits per heavy atom. The molecule has 1 aliphatic rings. The number of aldehydes is 1. The summed E-state index contributed by atoms with van der Waals surface area (Å²) >= 11 is 0. The first-order valence-corrected chi connectivity index (χ1v) is 6.04. The molecule has 92 valence electrons.